The molecule has 1 aromatic heterocycles. The summed E-state index contributed by atoms with van der Waals surface area (Å²) in [6.45, 7) is 3.79. The molecular formula is C13H20N2. The molecule has 15 heavy (non-hydrogen) atoms. The first-order chi connectivity index (χ1) is 7.20. The highest BCUT2D eigenvalue weighted by Crippen LogP contribution is 2.32. The Kier molecular flexibility index (Phi) is 2.96. The van der Waals surface area contributed by atoms with E-state index < -0.39 is 0 Å². The second-order valence-corrected chi connectivity index (χ2v) is 4.68. The first-order valence-electron chi connectivity index (χ1n) is 5.67. The smallest absolute Gasteiger partial charge is 0.0346 e. The fourth-order valence-corrected chi connectivity index (χ4v) is 2.45. The van der Waals surface area contributed by atoms with Crippen LogP contribution in [0.3, 0.4) is 0 Å². The second kappa shape index (κ2) is 4.23. The summed E-state index contributed by atoms with van der Waals surface area (Å²) in [7, 11) is 4.36. The van der Waals surface area contributed by atoms with Gasteiger partial charge in [-0.3, -0.25) is 0 Å². The lowest BCUT2D eigenvalue weighted by atomic mass is 10.2. The van der Waals surface area contributed by atoms with Gasteiger partial charge < -0.3 is 9.47 Å². The molecule has 1 heterocycles. The molecule has 2 atom stereocenters. The van der Waals surface area contributed by atoms with Crippen molar-refractivity contribution < 1.29 is 0 Å². The van der Waals surface area contributed by atoms with E-state index >= 15 is 0 Å². The van der Waals surface area contributed by atoms with Crippen molar-refractivity contribution in [3.05, 3.63) is 30.6 Å². The molecule has 0 saturated heterocycles. The van der Waals surface area contributed by atoms with Crippen LogP contribution < -0.4 is 0 Å². The van der Waals surface area contributed by atoms with Gasteiger partial charge in [-0.15, -0.1) is 0 Å². The molecule has 2 rings (SSSR count). The molecule has 0 aliphatic heterocycles. The number of rotatable bonds is 3. The highest BCUT2D eigenvalue weighted by Gasteiger charge is 2.26. The van der Waals surface area contributed by atoms with E-state index in [0.717, 1.165) is 6.04 Å². The molecule has 0 aromatic carbocycles. The van der Waals surface area contributed by atoms with Gasteiger partial charge >= 0.3 is 0 Å². The molecule has 82 valence electrons. The minimum Gasteiger partial charge on any atom is -0.351 e. The van der Waals surface area contributed by atoms with Crippen LogP contribution in [-0.2, 0) is 0 Å². The van der Waals surface area contributed by atoms with Crippen molar-refractivity contribution in [1.82, 2.24) is 9.47 Å². The minimum absolute atomic E-state index is 0.686. The minimum atomic E-state index is 0.686. The predicted octanol–water partition coefficient (Wildman–Crippen LogP) is 2.79. The maximum atomic E-state index is 3.79. The van der Waals surface area contributed by atoms with E-state index in [4.69, 9.17) is 0 Å². The zero-order valence-electron chi connectivity index (χ0n) is 9.69. The van der Waals surface area contributed by atoms with Crippen LogP contribution in [0.25, 0.3) is 6.08 Å². The normalized spacial score (nSPS) is 26.1. The third-order valence-corrected chi connectivity index (χ3v) is 3.50. The van der Waals surface area contributed by atoms with Gasteiger partial charge in [-0.05, 0) is 45.0 Å². The Morgan fingerprint density at radius 3 is 2.80 bits per heavy atom. The summed E-state index contributed by atoms with van der Waals surface area (Å²) in [6, 6.07) is 3.58. The maximum absolute atomic E-state index is 3.79. The van der Waals surface area contributed by atoms with Crippen LogP contribution in [0.5, 0.6) is 0 Å². The number of aromatic nitrogens is 1. The first kappa shape index (κ1) is 10.5. The number of hydrogen-bond acceptors (Lipinski definition) is 1. The van der Waals surface area contributed by atoms with E-state index in [-0.39, 0.29) is 0 Å². The molecule has 0 radical (unpaired) electrons. The van der Waals surface area contributed by atoms with Crippen molar-refractivity contribution in [2.24, 2.45) is 0 Å². The van der Waals surface area contributed by atoms with Crippen LogP contribution >= 0.6 is 0 Å². The van der Waals surface area contributed by atoms with Crippen LogP contribution in [0.15, 0.2) is 25.0 Å². The monoisotopic (exact) mass is 204 g/mol. The van der Waals surface area contributed by atoms with Crippen LogP contribution in [-0.4, -0.2) is 29.6 Å². The Hall–Kier alpha value is -1.02. The van der Waals surface area contributed by atoms with Crippen molar-refractivity contribution in [3.8, 4) is 0 Å². The van der Waals surface area contributed by atoms with Crippen molar-refractivity contribution in [1.29, 1.82) is 0 Å². The van der Waals surface area contributed by atoms with Crippen LogP contribution in [0.1, 0.15) is 30.9 Å². The van der Waals surface area contributed by atoms with Crippen LogP contribution in [0.4, 0.5) is 0 Å². The van der Waals surface area contributed by atoms with E-state index in [1.54, 1.807) is 0 Å². The van der Waals surface area contributed by atoms with Crippen molar-refractivity contribution in [3.63, 3.8) is 0 Å². The molecular weight excluding hydrogens is 184 g/mol. The Morgan fingerprint density at radius 1 is 1.47 bits per heavy atom. The molecule has 2 nitrogen and oxygen atoms in total. The van der Waals surface area contributed by atoms with Crippen molar-refractivity contribution >= 4 is 6.08 Å². The lowest BCUT2D eigenvalue weighted by Crippen LogP contribution is -2.25. The second-order valence-electron chi connectivity index (χ2n) is 4.68. The summed E-state index contributed by atoms with van der Waals surface area (Å²) in [5, 5.41) is 0. The van der Waals surface area contributed by atoms with E-state index in [1.165, 1.54) is 24.8 Å². The predicted molar refractivity (Wildman–Crippen MR) is 64.9 cm³/mol. The van der Waals surface area contributed by atoms with Gasteiger partial charge in [0.2, 0.25) is 0 Å². The number of hydrogen-bond donors (Lipinski definition) is 0. The highest BCUT2D eigenvalue weighted by molar-refractivity contribution is 5.45. The summed E-state index contributed by atoms with van der Waals surface area (Å²) in [5.74, 6) is 0. The summed E-state index contributed by atoms with van der Waals surface area (Å²) >= 11 is 0. The van der Waals surface area contributed by atoms with Crippen LogP contribution in [0, 0.1) is 0 Å². The van der Waals surface area contributed by atoms with E-state index in [9.17, 15) is 0 Å². The van der Waals surface area contributed by atoms with Gasteiger partial charge in [-0.25, -0.2) is 0 Å². The van der Waals surface area contributed by atoms with E-state index in [2.05, 4.69) is 48.6 Å². The fraction of sp³-hybridized carbons (Fsp3) is 0.538. The van der Waals surface area contributed by atoms with E-state index in [0.29, 0.717) is 6.04 Å². The largest absolute Gasteiger partial charge is 0.351 e. The summed E-state index contributed by atoms with van der Waals surface area (Å²) < 4.78 is 2.35. The van der Waals surface area contributed by atoms with Gasteiger partial charge in [-0.2, -0.15) is 0 Å². The average molecular weight is 204 g/mol. The molecule has 1 aromatic rings. The third-order valence-electron chi connectivity index (χ3n) is 3.50. The van der Waals surface area contributed by atoms with E-state index in [1.807, 2.05) is 6.08 Å². The van der Waals surface area contributed by atoms with Gasteiger partial charge in [0.15, 0.2) is 0 Å². The molecule has 1 fully saturated rings. The fourth-order valence-electron chi connectivity index (χ4n) is 2.45. The molecule has 0 N–H and O–H groups in total. The molecule has 1 unspecified atom stereocenters. The lowest BCUT2D eigenvalue weighted by Gasteiger charge is -2.19. The molecule has 2 heteroatoms. The summed E-state index contributed by atoms with van der Waals surface area (Å²) in [5.41, 5.74) is 1.23. The highest BCUT2D eigenvalue weighted by atomic mass is 15.1. The molecule has 1 aliphatic rings. The number of nitrogens with zero attached hydrogens (tertiary/aromatic N) is 2. The Bertz CT molecular complexity index is 338. The van der Waals surface area contributed by atoms with Gasteiger partial charge in [0.25, 0.3) is 0 Å². The van der Waals surface area contributed by atoms with Gasteiger partial charge in [-0.1, -0.05) is 12.7 Å². The zero-order valence-corrected chi connectivity index (χ0v) is 9.69. The Morgan fingerprint density at radius 2 is 2.27 bits per heavy atom. The van der Waals surface area contributed by atoms with Gasteiger partial charge in [0.1, 0.15) is 0 Å². The topological polar surface area (TPSA) is 8.17 Å². The summed E-state index contributed by atoms with van der Waals surface area (Å²) in [6.07, 6.45) is 10.2. The SMILES string of the molecule is C=Cc1ccn(C2CC[C@H](N(C)C)C2)c1. The molecule has 1 aliphatic carbocycles. The molecule has 0 bridgehead atoms. The zero-order chi connectivity index (χ0) is 10.8. The lowest BCUT2D eigenvalue weighted by molar-refractivity contribution is 0.291. The van der Waals surface area contributed by atoms with Crippen molar-refractivity contribution in [2.45, 2.75) is 31.3 Å². The van der Waals surface area contributed by atoms with Gasteiger partial charge in [0.05, 0.1) is 0 Å². The molecule has 0 spiro atoms. The standard InChI is InChI=1S/C13H20N2/c1-4-11-7-8-15(10-11)13-6-5-12(9-13)14(2)3/h4,7-8,10,12-13H,1,5-6,9H2,2-3H3/t12-,13?/m0/s1. The van der Waals surface area contributed by atoms with Crippen molar-refractivity contribution in [2.75, 3.05) is 14.1 Å². The average Bonchev–Trinajstić information content (AvgIpc) is 2.86. The Balaban J connectivity index is 2.04. The summed E-state index contributed by atoms with van der Waals surface area (Å²) in [4.78, 5) is 2.35. The molecule has 0 amide bonds. The maximum Gasteiger partial charge on any atom is 0.0346 e. The van der Waals surface area contributed by atoms with Crippen LogP contribution in [0.2, 0.25) is 0 Å². The third kappa shape index (κ3) is 2.15. The quantitative estimate of drug-likeness (QED) is 0.735. The van der Waals surface area contributed by atoms with Gasteiger partial charge in [0, 0.05) is 24.5 Å². The Labute approximate surface area is 92.2 Å². The first-order valence-corrected chi connectivity index (χ1v) is 5.67. The molecule has 1 saturated carbocycles.